The van der Waals surface area contributed by atoms with Crippen molar-refractivity contribution in [3.8, 4) is 5.75 Å². The molecule has 0 saturated heterocycles. The quantitative estimate of drug-likeness (QED) is 0.318. The fourth-order valence-electron chi connectivity index (χ4n) is 5.31. The Balaban J connectivity index is 1.67. The summed E-state index contributed by atoms with van der Waals surface area (Å²) in [6.45, 7) is 7.64. The number of fused-ring (bicyclic) bond motifs is 1. The number of carbonyl (C=O) groups excluding carboxylic acids is 1. The molecule has 0 fully saturated rings. The average Bonchev–Trinajstić information content (AvgIpc) is 3.59. The smallest absolute Gasteiger partial charge is 0.271 e. The average molecular weight is 708 g/mol. The molecule has 0 radical (unpaired) electrons. The number of anilines is 1. The monoisotopic (exact) mass is 707 g/mol. The van der Waals surface area contributed by atoms with Crippen LogP contribution in [0.5, 0.6) is 5.75 Å². The second-order valence-corrected chi connectivity index (χ2v) is 17.0. The van der Waals surface area contributed by atoms with E-state index in [4.69, 9.17) is 9.47 Å². The molecule has 11 nitrogen and oxygen atoms in total. The number of thiophene rings is 1. The molecule has 4 rings (SSSR count). The summed E-state index contributed by atoms with van der Waals surface area (Å²) < 4.78 is 69.4. The SMILES string of the molecule is Cc1ccc(S(=O)(=O)N(C)C[C@H]2OCCCC[C@@H](C)Oc3ccc(NS(=O)(=O)c4cccs4)cc3C(=O)N([C@@H](C)CO)C[C@@H]2C)cc1. The molecule has 2 aromatic carbocycles. The maximum Gasteiger partial charge on any atom is 0.271 e. The maximum absolute atomic E-state index is 14.3. The second-order valence-electron chi connectivity index (χ2n) is 12.1. The molecule has 0 bridgehead atoms. The molecule has 1 aliphatic heterocycles. The second kappa shape index (κ2) is 15.9. The summed E-state index contributed by atoms with van der Waals surface area (Å²) in [6, 6.07) is 13.8. The Bertz CT molecular complexity index is 1700. The minimum absolute atomic E-state index is 0.0532. The van der Waals surface area contributed by atoms with Crippen LogP contribution in [0.2, 0.25) is 0 Å². The van der Waals surface area contributed by atoms with Gasteiger partial charge < -0.3 is 19.5 Å². The van der Waals surface area contributed by atoms with Gasteiger partial charge in [0.25, 0.3) is 15.9 Å². The number of aliphatic hydroxyl groups excluding tert-OH is 1. The van der Waals surface area contributed by atoms with Crippen LogP contribution in [0.25, 0.3) is 0 Å². The van der Waals surface area contributed by atoms with Gasteiger partial charge in [-0.05, 0) is 81.8 Å². The fourth-order valence-corrected chi connectivity index (χ4v) is 8.54. The Morgan fingerprint density at radius 3 is 2.47 bits per heavy atom. The molecule has 0 spiro atoms. The number of sulfonamides is 2. The summed E-state index contributed by atoms with van der Waals surface area (Å²) in [6.07, 6.45) is 1.33. The van der Waals surface area contributed by atoms with Crippen molar-refractivity contribution in [3.63, 3.8) is 0 Å². The van der Waals surface area contributed by atoms with Gasteiger partial charge in [0.05, 0.1) is 35.3 Å². The number of benzene rings is 2. The molecule has 3 aromatic rings. The molecule has 1 amide bonds. The van der Waals surface area contributed by atoms with E-state index in [1.54, 1.807) is 54.8 Å². The molecule has 2 N–H and O–H groups in total. The van der Waals surface area contributed by atoms with Gasteiger partial charge >= 0.3 is 0 Å². The van der Waals surface area contributed by atoms with Crippen LogP contribution >= 0.6 is 11.3 Å². The van der Waals surface area contributed by atoms with Gasteiger partial charge in [-0.2, -0.15) is 4.31 Å². The highest BCUT2D eigenvalue weighted by Gasteiger charge is 2.32. The zero-order valence-corrected chi connectivity index (χ0v) is 29.9. The number of aryl methyl sites for hydroxylation is 1. The number of amides is 1. The van der Waals surface area contributed by atoms with Crippen LogP contribution in [0.15, 0.2) is 69.1 Å². The van der Waals surface area contributed by atoms with Crippen molar-refractivity contribution in [1.29, 1.82) is 0 Å². The predicted octanol–water partition coefficient (Wildman–Crippen LogP) is 4.97. The van der Waals surface area contributed by atoms with Crippen molar-refractivity contribution in [3.05, 3.63) is 71.1 Å². The van der Waals surface area contributed by atoms with E-state index >= 15 is 0 Å². The number of hydrogen-bond donors (Lipinski definition) is 2. The number of aliphatic hydroxyl groups is 1. The minimum Gasteiger partial charge on any atom is -0.490 e. The highest BCUT2D eigenvalue weighted by Crippen LogP contribution is 2.30. The first-order valence-electron chi connectivity index (χ1n) is 15.7. The molecule has 2 heterocycles. The summed E-state index contributed by atoms with van der Waals surface area (Å²) in [5, 5.41) is 11.9. The van der Waals surface area contributed by atoms with Gasteiger partial charge in [-0.3, -0.25) is 9.52 Å². The lowest BCUT2D eigenvalue weighted by atomic mass is 10.0. The van der Waals surface area contributed by atoms with Crippen molar-refractivity contribution >= 4 is 43.0 Å². The van der Waals surface area contributed by atoms with Gasteiger partial charge in [0.2, 0.25) is 10.0 Å². The van der Waals surface area contributed by atoms with E-state index in [1.807, 2.05) is 20.8 Å². The van der Waals surface area contributed by atoms with Crippen LogP contribution in [0, 0.1) is 12.8 Å². The molecule has 4 atom stereocenters. The van der Waals surface area contributed by atoms with E-state index < -0.39 is 38.1 Å². The summed E-state index contributed by atoms with van der Waals surface area (Å²) >= 11 is 1.08. The van der Waals surface area contributed by atoms with Gasteiger partial charge in [0.15, 0.2) is 0 Å². The van der Waals surface area contributed by atoms with Gasteiger partial charge in [-0.15, -0.1) is 11.3 Å². The number of ether oxygens (including phenoxy) is 2. The van der Waals surface area contributed by atoms with E-state index in [2.05, 4.69) is 4.72 Å². The van der Waals surface area contributed by atoms with Crippen molar-refractivity contribution in [1.82, 2.24) is 9.21 Å². The fraction of sp³-hybridized carbons (Fsp3) is 0.485. The molecule has 0 unspecified atom stereocenters. The highest BCUT2D eigenvalue weighted by atomic mass is 32.2. The third-order valence-corrected chi connectivity index (χ3v) is 12.8. The van der Waals surface area contributed by atoms with Gasteiger partial charge in [-0.25, -0.2) is 16.8 Å². The van der Waals surface area contributed by atoms with E-state index in [0.717, 1.165) is 29.7 Å². The molecule has 47 heavy (non-hydrogen) atoms. The van der Waals surface area contributed by atoms with Crippen molar-refractivity contribution < 1.29 is 36.2 Å². The Morgan fingerprint density at radius 1 is 1.09 bits per heavy atom. The summed E-state index contributed by atoms with van der Waals surface area (Å²) in [4.78, 5) is 16.0. The lowest BCUT2D eigenvalue weighted by Crippen LogP contribution is -2.48. The summed E-state index contributed by atoms with van der Waals surface area (Å²) in [5.41, 5.74) is 1.28. The number of likely N-dealkylation sites (N-methyl/N-ethyl adjacent to an activating group) is 1. The van der Waals surface area contributed by atoms with E-state index in [-0.39, 0.29) is 52.1 Å². The standard InChI is InChI=1S/C33H45N3O8S3/c1-23-11-14-28(15-12-23)47(41,42)35(5)21-31-24(2)20-36(25(3)22-37)33(38)29-19-27(34-46(39,40)32-10-8-18-45-32)13-16-30(29)44-26(4)9-6-7-17-43-31/h8,10-16,18-19,24-26,31,34,37H,6-7,9,17,20-22H2,1-5H3/t24-,25-,26+,31+/m0/s1. The molecule has 258 valence electrons. The van der Waals surface area contributed by atoms with Gasteiger partial charge in [0, 0.05) is 38.3 Å². The number of carbonyl (C=O) groups is 1. The van der Waals surface area contributed by atoms with Crippen LogP contribution in [0.4, 0.5) is 5.69 Å². The van der Waals surface area contributed by atoms with Crippen LogP contribution in [0.3, 0.4) is 0 Å². The Kier molecular flexibility index (Phi) is 12.5. The molecule has 1 aromatic heterocycles. The largest absolute Gasteiger partial charge is 0.490 e. The van der Waals surface area contributed by atoms with Crippen molar-refractivity contribution in [2.24, 2.45) is 5.92 Å². The first kappa shape index (κ1) is 36.8. The number of rotatable bonds is 9. The van der Waals surface area contributed by atoms with E-state index in [9.17, 15) is 26.7 Å². The third kappa shape index (κ3) is 9.33. The molecule has 14 heteroatoms. The number of hydrogen-bond acceptors (Lipinski definition) is 9. The third-order valence-electron chi connectivity index (χ3n) is 8.23. The lowest BCUT2D eigenvalue weighted by Gasteiger charge is -2.35. The van der Waals surface area contributed by atoms with Crippen LogP contribution in [0.1, 0.15) is 56.0 Å². The van der Waals surface area contributed by atoms with Crippen LogP contribution in [-0.2, 0) is 24.8 Å². The Morgan fingerprint density at radius 2 is 1.81 bits per heavy atom. The van der Waals surface area contributed by atoms with E-state index in [1.165, 1.54) is 28.4 Å². The molecule has 0 aliphatic carbocycles. The van der Waals surface area contributed by atoms with Crippen LogP contribution in [-0.4, -0.2) is 88.7 Å². The number of nitrogens with zero attached hydrogens (tertiary/aromatic N) is 2. The maximum atomic E-state index is 14.3. The molecular formula is C33H45N3O8S3. The summed E-state index contributed by atoms with van der Waals surface area (Å²) in [5.74, 6) is -0.511. The van der Waals surface area contributed by atoms with Crippen LogP contribution < -0.4 is 9.46 Å². The van der Waals surface area contributed by atoms with Crippen molar-refractivity contribution in [2.75, 3.05) is 38.1 Å². The topological polar surface area (TPSA) is 143 Å². The molecule has 1 aliphatic rings. The molecular weight excluding hydrogens is 663 g/mol. The lowest BCUT2D eigenvalue weighted by molar-refractivity contribution is -0.00833. The predicted molar refractivity (Wildman–Crippen MR) is 183 cm³/mol. The van der Waals surface area contributed by atoms with Crippen molar-refractivity contribution in [2.45, 2.75) is 74.3 Å². The highest BCUT2D eigenvalue weighted by molar-refractivity contribution is 7.94. The zero-order chi connectivity index (χ0) is 34.4. The Hall–Kier alpha value is -3.01. The normalized spacial score (nSPS) is 21.0. The number of nitrogens with one attached hydrogen (secondary N) is 1. The van der Waals surface area contributed by atoms with Gasteiger partial charge in [0.1, 0.15) is 9.96 Å². The first-order valence-corrected chi connectivity index (χ1v) is 19.5. The first-order chi connectivity index (χ1) is 22.2. The Labute approximate surface area is 282 Å². The minimum atomic E-state index is -3.88. The van der Waals surface area contributed by atoms with Gasteiger partial charge in [-0.1, -0.05) is 30.7 Å². The zero-order valence-electron chi connectivity index (χ0n) is 27.5. The van der Waals surface area contributed by atoms with E-state index in [0.29, 0.717) is 18.8 Å². The molecule has 0 saturated carbocycles. The summed E-state index contributed by atoms with van der Waals surface area (Å²) in [7, 11) is -6.17.